The Labute approximate surface area is 136 Å². The van der Waals surface area contributed by atoms with Crippen LogP contribution in [0.4, 0.5) is 0 Å². The maximum atomic E-state index is 6.33. The number of nitrogens with one attached hydrogen (secondary N) is 1. The van der Waals surface area contributed by atoms with Crippen LogP contribution in [0, 0.1) is 0 Å². The van der Waals surface area contributed by atoms with Gasteiger partial charge in [0.2, 0.25) is 0 Å². The summed E-state index contributed by atoms with van der Waals surface area (Å²) in [6.45, 7) is 4.98. The highest BCUT2D eigenvalue weighted by Gasteiger charge is 2.19. The van der Waals surface area contributed by atoms with E-state index < -0.39 is 0 Å². The second kappa shape index (κ2) is 5.93. The zero-order valence-electron chi connectivity index (χ0n) is 11.5. The van der Waals surface area contributed by atoms with Gasteiger partial charge in [-0.1, -0.05) is 30.1 Å². The van der Waals surface area contributed by atoms with E-state index in [1.165, 1.54) is 0 Å². The molecule has 1 aromatic carbocycles. The third-order valence-electron chi connectivity index (χ3n) is 3.25. The van der Waals surface area contributed by atoms with E-state index in [-0.39, 0.29) is 6.04 Å². The number of fused-ring (bicyclic) bond motifs is 1. The van der Waals surface area contributed by atoms with Crippen molar-refractivity contribution in [2.75, 3.05) is 6.54 Å². The van der Waals surface area contributed by atoms with Crippen LogP contribution in [0.1, 0.15) is 25.6 Å². The normalized spacial score (nSPS) is 13.0. The molecule has 1 atom stereocenters. The first kappa shape index (κ1) is 14.8. The molecule has 4 nitrogen and oxygen atoms in total. The van der Waals surface area contributed by atoms with Crippen molar-refractivity contribution in [1.82, 2.24) is 14.1 Å². The maximum Gasteiger partial charge on any atom is 0.138 e. The van der Waals surface area contributed by atoms with Gasteiger partial charge in [0.25, 0.3) is 0 Å². The molecule has 0 amide bonds. The Kier molecular flexibility index (Phi) is 4.17. The van der Waals surface area contributed by atoms with E-state index in [1.807, 2.05) is 12.1 Å². The number of furan rings is 1. The molecule has 0 bridgehead atoms. The van der Waals surface area contributed by atoms with Crippen LogP contribution in [0.15, 0.2) is 22.6 Å². The van der Waals surface area contributed by atoms with Gasteiger partial charge in [-0.05, 0) is 31.7 Å². The van der Waals surface area contributed by atoms with E-state index in [9.17, 15) is 0 Å². The molecule has 0 radical (unpaired) electrons. The van der Waals surface area contributed by atoms with Crippen LogP contribution >= 0.6 is 34.9 Å². The van der Waals surface area contributed by atoms with Gasteiger partial charge < -0.3 is 9.73 Å². The molecule has 7 heteroatoms. The lowest BCUT2D eigenvalue weighted by Crippen LogP contribution is -2.16. The molecule has 3 aromatic rings. The Bertz CT molecular complexity index is 784. The zero-order chi connectivity index (χ0) is 15.0. The maximum absolute atomic E-state index is 6.33. The summed E-state index contributed by atoms with van der Waals surface area (Å²) in [6, 6.07) is 5.66. The molecule has 2 aromatic heterocycles. The molecule has 110 valence electrons. The fourth-order valence-electron chi connectivity index (χ4n) is 2.24. The minimum atomic E-state index is 0.138. The van der Waals surface area contributed by atoms with Crippen LogP contribution in [0.5, 0.6) is 0 Å². The molecule has 21 heavy (non-hydrogen) atoms. The van der Waals surface area contributed by atoms with E-state index >= 15 is 0 Å². The summed E-state index contributed by atoms with van der Waals surface area (Å²) in [4.78, 5) is 0. The van der Waals surface area contributed by atoms with Crippen LogP contribution in [0.25, 0.3) is 22.4 Å². The van der Waals surface area contributed by atoms with Crippen molar-refractivity contribution >= 4 is 46.0 Å². The second-order valence-corrected chi connectivity index (χ2v) is 6.00. The van der Waals surface area contributed by atoms with Gasteiger partial charge in [-0.15, -0.1) is 0 Å². The van der Waals surface area contributed by atoms with E-state index in [1.54, 1.807) is 6.07 Å². The van der Waals surface area contributed by atoms with Gasteiger partial charge in [-0.3, -0.25) is 0 Å². The average molecular weight is 342 g/mol. The summed E-state index contributed by atoms with van der Waals surface area (Å²) in [5.41, 5.74) is 2.06. The Hall–Kier alpha value is -1.14. The number of benzene rings is 1. The van der Waals surface area contributed by atoms with Crippen molar-refractivity contribution in [2.24, 2.45) is 0 Å². The fraction of sp³-hybridized carbons (Fsp3) is 0.286. The van der Waals surface area contributed by atoms with Gasteiger partial charge in [-0.25, -0.2) is 0 Å². The first-order valence-electron chi connectivity index (χ1n) is 6.55. The van der Waals surface area contributed by atoms with Crippen molar-refractivity contribution in [3.05, 3.63) is 34.0 Å². The zero-order valence-corrected chi connectivity index (χ0v) is 13.8. The van der Waals surface area contributed by atoms with E-state index in [4.69, 9.17) is 27.6 Å². The Balaban J connectivity index is 2.11. The van der Waals surface area contributed by atoms with Crippen LogP contribution in [0.2, 0.25) is 10.0 Å². The highest BCUT2D eigenvalue weighted by Crippen LogP contribution is 2.39. The Morgan fingerprint density at radius 2 is 2.00 bits per heavy atom. The number of aromatic nitrogens is 2. The molecule has 0 aliphatic heterocycles. The predicted molar refractivity (Wildman–Crippen MR) is 87.2 cm³/mol. The van der Waals surface area contributed by atoms with Crippen molar-refractivity contribution in [1.29, 1.82) is 0 Å². The minimum absolute atomic E-state index is 0.138. The molecule has 0 aliphatic rings. The van der Waals surface area contributed by atoms with Crippen LogP contribution < -0.4 is 5.32 Å². The van der Waals surface area contributed by atoms with Crippen molar-refractivity contribution in [3.63, 3.8) is 0 Å². The topological polar surface area (TPSA) is 51.0 Å². The number of rotatable bonds is 4. The molecule has 1 unspecified atom stereocenters. The van der Waals surface area contributed by atoms with E-state index in [0.717, 1.165) is 29.6 Å². The number of hydrogen-bond acceptors (Lipinski definition) is 5. The predicted octanol–water partition coefficient (Wildman–Crippen LogP) is 4.93. The lowest BCUT2D eigenvalue weighted by atomic mass is 10.1. The molecular formula is C14H13Cl2N3OS. The summed E-state index contributed by atoms with van der Waals surface area (Å²) in [7, 11) is 0. The smallest absolute Gasteiger partial charge is 0.138 e. The monoisotopic (exact) mass is 341 g/mol. The van der Waals surface area contributed by atoms with Gasteiger partial charge in [0.05, 0.1) is 33.4 Å². The fourth-order valence-corrected chi connectivity index (χ4v) is 3.44. The lowest BCUT2D eigenvalue weighted by molar-refractivity contribution is 0.445. The van der Waals surface area contributed by atoms with Crippen molar-refractivity contribution in [3.8, 4) is 11.3 Å². The summed E-state index contributed by atoms with van der Waals surface area (Å²) in [5.74, 6) is 1.53. The van der Waals surface area contributed by atoms with E-state index in [0.29, 0.717) is 26.8 Å². The summed E-state index contributed by atoms with van der Waals surface area (Å²) in [6.07, 6.45) is 0. The first-order chi connectivity index (χ1) is 10.1. The molecule has 3 rings (SSSR count). The summed E-state index contributed by atoms with van der Waals surface area (Å²) < 4.78 is 14.4. The van der Waals surface area contributed by atoms with E-state index in [2.05, 4.69) is 27.9 Å². The number of halogens is 2. The molecule has 1 N–H and O–H groups in total. The van der Waals surface area contributed by atoms with Gasteiger partial charge in [-0.2, -0.15) is 8.75 Å². The van der Waals surface area contributed by atoms with Crippen molar-refractivity contribution < 1.29 is 4.42 Å². The van der Waals surface area contributed by atoms with Crippen LogP contribution in [0.3, 0.4) is 0 Å². The van der Waals surface area contributed by atoms with Crippen LogP contribution in [-0.4, -0.2) is 15.3 Å². The number of hydrogen-bond donors (Lipinski definition) is 1. The van der Waals surface area contributed by atoms with Gasteiger partial charge in [0.15, 0.2) is 0 Å². The standard InChI is InChI=1S/C14H13Cl2N3OS/c1-3-17-7(2)10-4-5-11(20-10)12-8(15)6-9(16)13-14(12)19-21-18-13/h4-7,17H,3H2,1-2H3. The molecule has 0 fully saturated rings. The Morgan fingerprint density at radius 1 is 1.24 bits per heavy atom. The van der Waals surface area contributed by atoms with Gasteiger partial charge >= 0.3 is 0 Å². The lowest BCUT2D eigenvalue weighted by Gasteiger charge is -2.09. The van der Waals surface area contributed by atoms with Gasteiger partial charge in [0, 0.05) is 0 Å². The van der Waals surface area contributed by atoms with Crippen molar-refractivity contribution in [2.45, 2.75) is 19.9 Å². The highest BCUT2D eigenvalue weighted by atomic mass is 35.5. The molecule has 2 heterocycles. The van der Waals surface area contributed by atoms with Gasteiger partial charge in [0.1, 0.15) is 22.6 Å². The second-order valence-electron chi connectivity index (χ2n) is 4.66. The molecule has 0 saturated carbocycles. The quantitative estimate of drug-likeness (QED) is 0.730. The summed E-state index contributed by atoms with van der Waals surface area (Å²) >= 11 is 13.6. The average Bonchev–Trinajstić information content (AvgIpc) is 3.08. The molecule has 0 aliphatic carbocycles. The largest absolute Gasteiger partial charge is 0.459 e. The number of nitrogens with zero attached hydrogens (tertiary/aromatic N) is 2. The molecule has 0 saturated heterocycles. The van der Waals surface area contributed by atoms with Crippen LogP contribution in [-0.2, 0) is 0 Å². The highest BCUT2D eigenvalue weighted by molar-refractivity contribution is 7.00. The first-order valence-corrected chi connectivity index (χ1v) is 8.04. The summed E-state index contributed by atoms with van der Waals surface area (Å²) in [5, 5.41) is 4.32. The molecular weight excluding hydrogens is 329 g/mol. The SMILES string of the molecule is CCNC(C)c1ccc(-c2c(Cl)cc(Cl)c3nsnc23)o1. The molecule has 0 spiro atoms. The Morgan fingerprint density at radius 3 is 2.76 bits per heavy atom. The third kappa shape index (κ3) is 2.66. The minimum Gasteiger partial charge on any atom is -0.459 e. The third-order valence-corrected chi connectivity index (χ3v) is 4.37.